The smallest absolute Gasteiger partial charge is 0.139 e. The number of halogens is 1. The van der Waals surface area contributed by atoms with Crippen molar-refractivity contribution in [3.63, 3.8) is 0 Å². The van der Waals surface area contributed by atoms with Crippen molar-refractivity contribution >= 4 is 17.3 Å². The Hall–Kier alpha value is -0.930. The van der Waals surface area contributed by atoms with E-state index in [1.165, 1.54) is 25.7 Å². The van der Waals surface area contributed by atoms with Crippen LogP contribution in [-0.2, 0) is 4.74 Å². The Morgan fingerprint density at radius 1 is 1.35 bits per heavy atom. The van der Waals surface area contributed by atoms with Crippen LogP contribution in [0.1, 0.15) is 38.5 Å². The zero-order chi connectivity index (χ0) is 14.0. The van der Waals surface area contributed by atoms with Crippen LogP contribution in [0.4, 0.5) is 5.69 Å². The summed E-state index contributed by atoms with van der Waals surface area (Å²) >= 11 is 6.06. The van der Waals surface area contributed by atoms with Crippen LogP contribution >= 0.6 is 11.6 Å². The zero-order valence-corrected chi connectivity index (χ0v) is 12.7. The number of rotatable bonds is 3. The van der Waals surface area contributed by atoms with Gasteiger partial charge in [-0.15, -0.1) is 0 Å². The van der Waals surface area contributed by atoms with Crippen LogP contribution in [0.3, 0.4) is 0 Å². The predicted molar refractivity (Wildman–Crippen MR) is 81.8 cm³/mol. The third-order valence-corrected chi connectivity index (χ3v) is 4.84. The molecule has 110 valence electrons. The molecule has 1 aliphatic heterocycles. The molecule has 1 aliphatic carbocycles. The molecule has 0 amide bonds. The molecule has 1 unspecified atom stereocenters. The second-order valence-electron chi connectivity index (χ2n) is 5.92. The van der Waals surface area contributed by atoms with E-state index in [0.29, 0.717) is 11.1 Å². The number of hydrogen-bond donors (Lipinski definition) is 1. The first-order chi connectivity index (χ1) is 9.71. The molecule has 0 aromatic heterocycles. The van der Waals surface area contributed by atoms with Crippen molar-refractivity contribution in [1.82, 2.24) is 0 Å². The molecule has 20 heavy (non-hydrogen) atoms. The zero-order valence-electron chi connectivity index (χ0n) is 12.0. The summed E-state index contributed by atoms with van der Waals surface area (Å²) in [5, 5.41) is 4.27. The Kier molecular flexibility index (Phi) is 4.08. The highest BCUT2D eigenvalue weighted by Gasteiger charge is 2.39. The summed E-state index contributed by atoms with van der Waals surface area (Å²) in [5.41, 5.74) is 1.22. The molecule has 3 nitrogen and oxygen atoms in total. The highest BCUT2D eigenvalue weighted by molar-refractivity contribution is 6.32. The van der Waals surface area contributed by atoms with Crippen molar-refractivity contribution in [2.45, 2.75) is 50.2 Å². The van der Waals surface area contributed by atoms with E-state index < -0.39 is 0 Å². The summed E-state index contributed by atoms with van der Waals surface area (Å²) in [6.45, 7) is 0.863. The lowest BCUT2D eigenvalue weighted by molar-refractivity contribution is -0.0767. The topological polar surface area (TPSA) is 30.5 Å². The summed E-state index contributed by atoms with van der Waals surface area (Å²) in [6.07, 6.45) is 7.22. The van der Waals surface area contributed by atoms with Gasteiger partial charge in [0.2, 0.25) is 0 Å². The van der Waals surface area contributed by atoms with E-state index in [9.17, 15) is 0 Å². The second kappa shape index (κ2) is 5.82. The van der Waals surface area contributed by atoms with Gasteiger partial charge in [-0.25, -0.2) is 0 Å². The Balaban J connectivity index is 1.68. The largest absolute Gasteiger partial charge is 0.495 e. The van der Waals surface area contributed by atoms with E-state index in [0.717, 1.165) is 30.9 Å². The molecular weight excluding hydrogens is 274 g/mol. The summed E-state index contributed by atoms with van der Waals surface area (Å²) in [7, 11) is 1.65. The highest BCUT2D eigenvalue weighted by atomic mass is 35.5. The van der Waals surface area contributed by atoms with Gasteiger partial charge in [0.15, 0.2) is 0 Å². The molecule has 1 spiro atoms. The summed E-state index contributed by atoms with van der Waals surface area (Å²) in [6, 6.07) is 6.35. The van der Waals surface area contributed by atoms with E-state index in [4.69, 9.17) is 21.1 Å². The van der Waals surface area contributed by atoms with Crippen molar-refractivity contribution in [3.8, 4) is 5.75 Å². The number of nitrogens with one attached hydrogen (secondary N) is 1. The molecule has 2 fully saturated rings. The lowest BCUT2D eigenvalue weighted by atomic mass is 9.89. The van der Waals surface area contributed by atoms with Gasteiger partial charge >= 0.3 is 0 Å². The van der Waals surface area contributed by atoms with Crippen LogP contribution in [0.25, 0.3) is 0 Å². The fourth-order valence-electron chi connectivity index (χ4n) is 3.50. The van der Waals surface area contributed by atoms with Gasteiger partial charge in [0.05, 0.1) is 17.7 Å². The minimum atomic E-state index is 0.145. The lowest BCUT2D eigenvalue weighted by Crippen LogP contribution is -2.42. The predicted octanol–water partition coefficient (Wildman–Crippen LogP) is 4.25. The maximum absolute atomic E-state index is 6.07. The molecule has 3 rings (SSSR count). The van der Waals surface area contributed by atoms with E-state index in [1.54, 1.807) is 7.11 Å². The van der Waals surface area contributed by atoms with E-state index in [1.807, 2.05) is 18.2 Å². The van der Waals surface area contributed by atoms with E-state index in [-0.39, 0.29) is 5.60 Å². The SMILES string of the molecule is COc1cc(NC2CCOC3(CCCC3)C2)ccc1Cl. The van der Waals surface area contributed by atoms with Crippen LogP contribution in [0.15, 0.2) is 18.2 Å². The average Bonchev–Trinajstić information content (AvgIpc) is 2.89. The van der Waals surface area contributed by atoms with Crippen LogP contribution < -0.4 is 10.1 Å². The van der Waals surface area contributed by atoms with Gasteiger partial charge in [0.25, 0.3) is 0 Å². The van der Waals surface area contributed by atoms with Crippen LogP contribution in [0, 0.1) is 0 Å². The molecule has 1 aromatic carbocycles. The van der Waals surface area contributed by atoms with Crippen molar-refractivity contribution in [3.05, 3.63) is 23.2 Å². The number of hydrogen-bond acceptors (Lipinski definition) is 3. The normalized spacial score (nSPS) is 24.8. The third kappa shape index (κ3) is 2.89. The second-order valence-corrected chi connectivity index (χ2v) is 6.33. The number of anilines is 1. The maximum atomic E-state index is 6.07. The van der Waals surface area contributed by atoms with E-state index in [2.05, 4.69) is 5.32 Å². The van der Waals surface area contributed by atoms with Gasteiger partial charge in [0, 0.05) is 24.4 Å². The molecule has 1 aromatic rings. The third-order valence-electron chi connectivity index (χ3n) is 4.53. The van der Waals surface area contributed by atoms with Gasteiger partial charge in [-0.1, -0.05) is 24.4 Å². The van der Waals surface area contributed by atoms with Gasteiger partial charge in [-0.3, -0.25) is 0 Å². The Morgan fingerprint density at radius 2 is 2.15 bits per heavy atom. The van der Waals surface area contributed by atoms with Crippen LogP contribution in [0.2, 0.25) is 5.02 Å². The number of ether oxygens (including phenoxy) is 2. The maximum Gasteiger partial charge on any atom is 0.139 e. The van der Waals surface area contributed by atoms with Gasteiger partial charge in [-0.05, 0) is 37.8 Å². The molecule has 1 N–H and O–H groups in total. The molecule has 4 heteroatoms. The van der Waals surface area contributed by atoms with Crippen LogP contribution in [-0.4, -0.2) is 25.4 Å². The van der Waals surface area contributed by atoms with Crippen molar-refractivity contribution in [2.75, 3.05) is 19.0 Å². The Labute approximate surface area is 125 Å². The monoisotopic (exact) mass is 295 g/mol. The summed E-state index contributed by atoms with van der Waals surface area (Å²) < 4.78 is 11.3. The average molecular weight is 296 g/mol. The minimum absolute atomic E-state index is 0.145. The molecule has 1 saturated heterocycles. The molecule has 0 bridgehead atoms. The van der Waals surface area contributed by atoms with Crippen molar-refractivity contribution < 1.29 is 9.47 Å². The minimum Gasteiger partial charge on any atom is -0.495 e. The molecule has 1 heterocycles. The first-order valence-electron chi connectivity index (χ1n) is 7.45. The quantitative estimate of drug-likeness (QED) is 0.904. The number of methoxy groups -OCH3 is 1. The Morgan fingerprint density at radius 3 is 2.90 bits per heavy atom. The fourth-order valence-corrected chi connectivity index (χ4v) is 3.70. The van der Waals surface area contributed by atoms with Gasteiger partial charge in [-0.2, -0.15) is 0 Å². The molecule has 1 atom stereocenters. The molecular formula is C16H22ClNO2. The van der Waals surface area contributed by atoms with Gasteiger partial charge in [0.1, 0.15) is 5.75 Å². The summed E-state index contributed by atoms with van der Waals surface area (Å²) in [4.78, 5) is 0. The molecule has 1 saturated carbocycles. The summed E-state index contributed by atoms with van der Waals surface area (Å²) in [5.74, 6) is 0.722. The first-order valence-corrected chi connectivity index (χ1v) is 7.83. The van der Waals surface area contributed by atoms with E-state index >= 15 is 0 Å². The lowest BCUT2D eigenvalue weighted by Gasteiger charge is -2.39. The fraction of sp³-hybridized carbons (Fsp3) is 0.625. The highest BCUT2D eigenvalue weighted by Crippen LogP contribution is 2.40. The van der Waals surface area contributed by atoms with Crippen molar-refractivity contribution in [2.24, 2.45) is 0 Å². The van der Waals surface area contributed by atoms with Crippen LogP contribution in [0.5, 0.6) is 5.75 Å². The first kappa shape index (κ1) is 14.0. The Bertz CT molecular complexity index is 472. The molecule has 0 radical (unpaired) electrons. The van der Waals surface area contributed by atoms with Crippen molar-refractivity contribution in [1.29, 1.82) is 0 Å². The molecule has 2 aliphatic rings. The standard InChI is InChI=1S/C16H22ClNO2/c1-19-15-10-12(4-5-14(15)17)18-13-6-9-20-16(11-13)7-2-3-8-16/h4-5,10,13,18H,2-3,6-9,11H2,1H3. The number of benzene rings is 1. The van der Waals surface area contributed by atoms with Gasteiger partial charge < -0.3 is 14.8 Å².